The maximum absolute atomic E-state index is 12.0. The van der Waals surface area contributed by atoms with Gasteiger partial charge in [-0.05, 0) is 42.5 Å². The first kappa shape index (κ1) is 11.9. The van der Waals surface area contributed by atoms with Gasteiger partial charge < -0.3 is 5.32 Å². The van der Waals surface area contributed by atoms with Crippen LogP contribution in [0.15, 0.2) is 18.2 Å². The lowest BCUT2D eigenvalue weighted by Crippen LogP contribution is -2.14. The Morgan fingerprint density at radius 1 is 1.37 bits per heavy atom. The second kappa shape index (κ2) is 4.84. The van der Waals surface area contributed by atoms with E-state index >= 15 is 0 Å². The van der Waals surface area contributed by atoms with Crippen LogP contribution in [0.25, 0.3) is 0 Å². The van der Waals surface area contributed by atoms with E-state index in [9.17, 15) is 4.79 Å². The van der Waals surface area contributed by atoms with Crippen molar-refractivity contribution in [3.8, 4) is 0 Å². The van der Waals surface area contributed by atoms with Gasteiger partial charge in [0.1, 0.15) is 5.82 Å². The van der Waals surface area contributed by atoms with Gasteiger partial charge in [-0.3, -0.25) is 9.89 Å². The van der Waals surface area contributed by atoms with Crippen LogP contribution in [0.2, 0.25) is 0 Å². The number of aromatic nitrogens is 3. The van der Waals surface area contributed by atoms with E-state index in [2.05, 4.69) is 26.6 Å². The molecular formula is C14H16N4O. The van der Waals surface area contributed by atoms with E-state index in [1.54, 1.807) is 0 Å². The summed E-state index contributed by atoms with van der Waals surface area (Å²) in [5.74, 6) is 0.644. The van der Waals surface area contributed by atoms with Gasteiger partial charge in [-0.2, -0.15) is 0 Å². The normalized spacial score (nSPS) is 13.3. The van der Waals surface area contributed by atoms with Crippen LogP contribution in [-0.4, -0.2) is 21.1 Å². The monoisotopic (exact) mass is 256 g/mol. The highest BCUT2D eigenvalue weighted by molar-refractivity contribution is 6.01. The summed E-state index contributed by atoms with van der Waals surface area (Å²) in [5, 5.41) is 9.49. The Morgan fingerprint density at radius 2 is 2.21 bits per heavy atom. The first-order valence-corrected chi connectivity index (χ1v) is 6.60. The van der Waals surface area contributed by atoms with E-state index in [0.717, 1.165) is 30.8 Å². The molecule has 3 rings (SSSR count). The number of amides is 1. The second-order valence-corrected chi connectivity index (χ2v) is 4.75. The van der Waals surface area contributed by atoms with Gasteiger partial charge in [-0.25, -0.2) is 4.98 Å². The molecule has 5 nitrogen and oxygen atoms in total. The van der Waals surface area contributed by atoms with Gasteiger partial charge in [0.2, 0.25) is 5.82 Å². The Hall–Kier alpha value is -2.17. The van der Waals surface area contributed by atoms with Crippen molar-refractivity contribution >= 4 is 11.6 Å². The molecule has 0 radical (unpaired) electrons. The quantitative estimate of drug-likeness (QED) is 0.883. The van der Waals surface area contributed by atoms with Crippen LogP contribution in [0.3, 0.4) is 0 Å². The van der Waals surface area contributed by atoms with Crippen molar-refractivity contribution in [2.24, 2.45) is 0 Å². The number of hydrogen-bond donors (Lipinski definition) is 2. The molecule has 0 bridgehead atoms. The predicted molar refractivity (Wildman–Crippen MR) is 72.2 cm³/mol. The molecule has 1 amide bonds. The predicted octanol–water partition coefficient (Wildman–Crippen LogP) is 2.11. The Bertz CT molecular complexity index is 618. The molecule has 0 unspecified atom stereocenters. The van der Waals surface area contributed by atoms with Crippen LogP contribution in [0.5, 0.6) is 0 Å². The van der Waals surface area contributed by atoms with E-state index in [-0.39, 0.29) is 11.7 Å². The summed E-state index contributed by atoms with van der Waals surface area (Å²) in [6.07, 6.45) is 4.18. The largest absolute Gasteiger partial charge is 0.319 e. The molecule has 0 fully saturated rings. The number of aryl methyl sites for hydroxylation is 3. The van der Waals surface area contributed by atoms with Crippen molar-refractivity contribution in [3.63, 3.8) is 0 Å². The molecule has 2 N–H and O–H groups in total. The summed E-state index contributed by atoms with van der Waals surface area (Å²) >= 11 is 0. The van der Waals surface area contributed by atoms with Gasteiger partial charge in [0, 0.05) is 12.1 Å². The topological polar surface area (TPSA) is 70.7 Å². The molecule has 0 spiro atoms. The Balaban J connectivity index is 1.75. The maximum Gasteiger partial charge on any atom is 0.295 e. The Labute approximate surface area is 111 Å². The SMILES string of the molecule is CCc1nc(C(=O)Nc2ccc3c(c2)CCC3)n[nH]1. The Morgan fingerprint density at radius 3 is 3.00 bits per heavy atom. The highest BCUT2D eigenvalue weighted by Crippen LogP contribution is 2.24. The Kier molecular flexibility index (Phi) is 3.03. The van der Waals surface area contributed by atoms with Gasteiger partial charge in [-0.1, -0.05) is 13.0 Å². The fraction of sp³-hybridized carbons (Fsp3) is 0.357. The molecule has 5 heteroatoms. The minimum absolute atomic E-state index is 0.192. The summed E-state index contributed by atoms with van der Waals surface area (Å²) in [6.45, 7) is 1.96. The van der Waals surface area contributed by atoms with E-state index in [4.69, 9.17) is 0 Å². The lowest BCUT2D eigenvalue weighted by atomic mass is 10.1. The average molecular weight is 256 g/mol. The number of H-pyrrole nitrogens is 1. The number of nitrogens with zero attached hydrogens (tertiary/aromatic N) is 2. The molecule has 0 aliphatic heterocycles. The zero-order valence-corrected chi connectivity index (χ0v) is 10.9. The summed E-state index contributed by atoms with van der Waals surface area (Å²) in [5.41, 5.74) is 3.54. The molecule has 1 aliphatic carbocycles. The zero-order chi connectivity index (χ0) is 13.2. The van der Waals surface area contributed by atoms with E-state index in [1.807, 2.05) is 19.1 Å². The molecule has 2 aromatic rings. The van der Waals surface area contributed by atoms with Crippen LogP contribution < -0.4 is 5.32 Å². The fourth-order valence-electron chi connectivity index (χ4n) is 2.39. The van der Waals surface area contributed by atoms with E-state index < -0.39 is 0 Å². The number of fused-ring (bicyclic) bond motifs is 1. The van der Waals surface area contributed by atoms with Crippen LogP contribution in [-0.2, 0) is 19.3 Å². The number of hydrogen-bond acceptors (Lipinski definition) is 3. The van der Waals surface area contributed by atoms with Crippen LogP contribution in [0.4, 0.5) is 5.69 Å². The average Bonchev–Trinajstić information content (AvgIpc) is 3.06. The molecule has 1 heterocycles. The van der Waals surface area contributed by atoms with Crippen molar-refractivity contribution in [2.75, 3.05) is 5.32 Å². The van der Waals surface area contributed by atoms with Crippen molar-refractivity contribution < 1.29 is 4.79 Å². The highest BCUT2D eigenvalue weighted by atomic mass is 16.2. The molecule has 1 aromatic heterocycles. The first-order chi connectivity index (χ1) is 9.26. The first-order valence-electron chi connectivity index (χ1n) is 6.60. The lowest BCUT2D eigenvalue weighted by molar-refractivity contribution is 0.101. The van der Waals surface area contributed by atoms with Gasteiger partial charge in [0.05, 0.1) is 0 Å². The smallest absolute Gasteiger partial charge is 0.295 e. The minimum Gasteiger partial charge on any atom is -0.319 e. The third-order valence-corrected chi connectivity index (χ3v) is 3.43. The third kappa shape index (κ3) is 2.36. The van der Waals surface area contributed by atoms with Crippen LogP contribution in [0, 0.1) is 0 Å². The summed E-state index contributed by atoms with van der Waals surface area (Å²) < 4.78 is 0. The zero-order valence-electron chi connectivity index (χ0n) is 10.9. The standard InChI is InChI=1S/C14H16N4O/c1-2-12-16-13(18-17-12)14(19)15-11-7-6-9-4-3-5-10(9)8-11/h6-8H,2-5H2,1H3,(H,15,19)(H,16,17,18). The maximum atomic E-state index is 12.0. The molecule has 0 saturated carbocycles. The van der Waals surface area contributed by atoms with Gasteiger partial charge >= 0.3 is 0 Å². The van der Waals surface area contributed by atoms with Gasteiger partial charge in [-0.15, -0.1) is 5.10 Å². The molecule has 1 aliphatic rings. The van der Waals surface area contributed by atoms with Crippen molar-refractivity contribution in [1.29, 1.82) is 0 Å². The molecular weight excluding hydrogens is 240 g/mol. The summed E-state index contributed by atoms with van der Waals surface area (Å²) in [6, 6.07) is 6.08. The number of carbonyl (C=O) groups is 1. The number of anilines is 1. The number of carbonyl (C=O) groups excluding carboxylic acids is 1. The molecule has 1 aromatic carbocycles. The molecule has 98 valence electrons. The molecule has 19 heavy (non-hydrogen) atoms. The van der Waals surface area contributed by atoms with Crippen molar-refractivity contribution in [1.82, 2.24) is 15.2 Å². The van der Waals surface area contributed by atoms with E-state index in [1.165, 1.54) is 17.5 Å². The van der Waals surface area contributed by atoms with Crippen LogP contribution >= 0.6 is 0 Å². The summed E-state index contributed by atoms with van der Waals surface area (Å²) in [7, 11) is 0. The van der Waals surface area contributed by atoms with Gasteiger partial charge in [0.15, 0.2) is 0 Å². The minimum atomic E-state index is -0.270. The van der Waals surface area contributed by atoms with Crippen LogP contribution in [0.1, 0.15) is 40.9 Å². The third-order valence-electron chi connectivity index (χ3n) is 3.43. The summed E-state index contributed by atoms with van der Waals surface area (Å²) in [4.78, 5) is 16.1. The van der Waals surface area contributed by atoms with Crippen molar-refractivity contribution in [2.45, 2.75) is 32.6 Å². The molecule has 0 atom stereocenters. The highest BCUT2D eigenvalue weighted by Gasteiger charge is 2.14. The number of aromatic amines is 1. The van der Waals surface area contributed by atoms with E-state index in [0.29, 0.717) is 0 Å². The number of rotatable bonds is 3. The number of nitrogens with one attached hydrogen (secondary N) is 2. The number of benzene rings is 1. The second-order valence-electron chi connectivity index (χ2n) is 4.75. The lowest BCUT2D eigenvalue weighted by Gasteiger charge is -2.05. The molecule has 0 saturated heterocycles. The fourth-order valence-corrected chi connectivity index (χ4v) is 2.39. The van der Waals surface area contributed by atoms with Gasteiger partial charge in [0.25, 0.3) is 5.91 Å². The van der Waals surface area contributed by atoms with Crippen molar-refractivity contribution in [3.05, 3.63) is 41.0 Å².